The molecule has 9 nitrogen and oxygen atoms in total. The van der Waals surface area contributed by atoms with Gasteiger partial charge in [-0.15, -0.1) is 0 Å². The van der Waals surface area contributed by atoms with E-state index in [2.05, 4.69) is 37.3 Å². The number of hydrogen-bond acceptors (Lipinski definition) is 9. The Bertz CT molecular complexity index is 1740. The van der Waals surface area contributed by atoms with Gasteiger partial charge < -0.3 is 14.8 Å². The van der Waals surface area contributed by atoms with Crippen molar-refractivity contribution in [3.63, 3.8) is 0 Å². The molecular formula is C27H20BrN5O4S2. The van der Waals surface area contributed by atoms with E-state index < -0.39 is 15.9 Å². The Morgan fingerprint density at radius 2 is 1.92 bits per heavy atom. The first-order valence-corrected chi connectivity index (χ1v) is 14.6. The van der Waals surface area contributed by atoms with Crippen LogP contribution in [0.25, 0.3) is 0 Å². The zero-order valence-electron chi connectivity index (χ0n) is 20.3. The van der Waals surface area contributed by atoms with Crippen molar-refractivity contribution >= 4 is 54.3 Å². The van der Waals surface area contributed by atoms with Crippen LogP contribution in [-0.4, -0.2) is 26.7 Å². The van der Waals surface area contributed by atoms with Crippen LogP contribution in [0.4, 0.5) is 10.8 Å². The number of hydrogen-bond donors (Lipinski definition) is 2. The number of primary sulfonamides is 1. The van der Waals surface area contributed by atoms with E-state index in [-0.39, 0.29) is 10.8 Å². The van der Waals surface area contributed by atoms with Crippen molar-refractivity contribution in [2.24, 2.45) is 10.1 Å². The van der Waals surface area contributed by atoms with E-state index in [0.29, 0.717) is 28.0 Å². The number of aliphatic imine (C=N–C) groups is 1. The summed E-state index contributed by atoms with van der Waals surface area (Å²) < 4.78 is 35.4. The summed E-state index contributed by atoms with van der Waals surface area (Å²) in [6.07, 6.45) is 1.63. The van der Waals surface area contributed by atoms with Crippen LogP contribution in [0.1, 0.15) is 21.9 Å². The molecule has 1 aliphatic rings. The molecule has 0 amide bonds. The lowest BCUT2D eigenvalue weighted by Crippen LogP contribution is -2.14. The van der Waals surface area contributed by atoms with Gasteiger partial charge in [0.25, 0.3) is 0 Å². The molecule has 12 heteroatoms. The van der Waals surface area contributed by atoms with Crippen molar-refractivity contribution in [3.05, 3.63) is 105 Å². The second-order valence-electron chi connectivity index (χ2n) is 8.33. The Morgan fingerprint density at radius 1 is 1.18 bits per heavy atom. The molecule has 0 saturated carbocycles. The number of nitrogens with two attached hydrogens (primary N) is 1. The van der Waals surface area contributed by atoms with Gasteiger partial charge >= 0.3 is 0 Å². The average molecular weight is 623 g/mol. The lowest BCUT2D eigenvalue weighted by atomic mass is 9.89. The third-order valence-electron chi connectivity index (χ3n) is 5.78. The fourth-order valence-corrected chi connectivity index (χ4v) is 5.91. The van der Waals surface area contributed by atoms with Gasteiger partial charge in [0, 0.05) is 16.4 Å². The van der Waals surface area contributed by atoms with Crippen LogP contribution in [-0.2, 0) is 10.0 Å². The molecule has 0 spiro atoms. The highest BCUT2D eigenvalue weighted by molar-refractivity contribution is 9.10. The molecule has 1 aliphatic heterocycles. The van der Waals surface area contributed by atoms with Crippen LogP contribution in [0.2, 0.25) is 0 Å². The summed E-state index contributed by atoms with van der Waals surface area (Å²) in [5.74, 6) is 0.693. The predicted octanol–water partition coefficient (Wildman–Crippen LogP) is 5.68. The quantitative estimate of drug-likeness (QED) is 0.253. The minimum Gasteiger partial charge on any atom is -0.497 e. The van der Waals surface area contributed by atoms with E-state index in [1.54, 1.807) is 25.5 Å². The number of aromatic nitrogens is 1. The minimum absolute atomic E-state index is 0.00481. The summed E-state index contributed by atoms with van der Waals surface area (Å²) in [5, 5.41) is 19.1. The van der Waals surface area contributed by atoms with Crippen molar-refractivity contribution in [1.29, 1.82) is 5.26 Å². The molecular weight excluding hydrogens is 602 g/mol. The van der Waals surface area contributed by atoms with Crippen LogP contribution in [0.5, 0.6) is 11.6 Å². The summed E-state index contributed by atoms with van der Waals surface area (Å²) in [7, 11) is -2.21. The van der Waals surface area contributed by atoms with Crippen LogP contribution >= 0.6 is 27.3 Å². The maximum atomic E-state index is 11.6. The summed E-state index contributed by atoms with van der Waals surface area (Å²) in [6.45, 7) is 0. The summed E-state index contributed by atoms with van der Waals surface area (Å²) >= 11 is 4.78. The van der Waals surface area contributed by atoms with Crippen molar-refractivity contribution in [2.45, 2.75) is 10.8 Å². The van der Waals surface area contributed by atoms with E-state index in [1.165, 1.54) is 23.5 Å². The Kier molecular flexibility index (Phi) is 7.49. The fraction of sp³-hybridized carbons (Fsp3) is 0.0741. The molecule has 5 rings (SSSR count). The molecule has 0 aliphatic carbocycles. The number of sulfonamides is 1. The van der Waals surface area contributed by atoms with Gasteiger partial charge in [0.05, 0.1) is 22.8 Å². The van der Waals surface area contributed by atoms with Gasteiger partial charge in [-0.3, -0.25) is 0 Å². The Labute approximate surface area is 237 Å². The Hall–Kier alpha value is -4.02. The first kappa shape index (κ1) is 26.6. The van der Waals surface area contributed by atoms with E-state index >= 15 is 0 Å². The van der Waals surface area contributed by atoms with Gasteiger partial charge in [-0.05, 0) is 59.7 Å². The molecule has 4 aromatic rings. The third kappa shape index (κ3) is 5.86. The number of nitrogens with zero attached hydrogens (tertiary/aromatic N) is 3. The van der Waals surface area contributed by atoms with E-state index in [0.717, 1.165) is 20.5 Å². The Morgan fingerprint density at radius 3 is 2.56 bits per heavy atom. The van der Waals surface area contributed by atoms with Gasteiger partial charge in [-0.25, -0.2) is 18.5 Å². The normalized spacial score (nSPS) is 15.0. The molecule has 0 saturated heterocycles. The second-order valence-corrected chi connectivity index (χ2v) is 11.8. The SMILES string of the molecule is COc1ccc(C2C(C#N)=C(N=Cc3cccc(Br)c3)Oc3nc(Nc4ccc(S(N)(=O)=O)cc4)sc32)cc1. The minimum atomic E-state index is -3.80. The van der Waals surface area contributed by atoms with Crippen molar-refractivity contribution in [1.82, 2.24) is 4.98 Å². The molecule has 0 bridgehead atoms. The molecule has 1 atom stereocenters. The Balaban J connectivity index is 1.54. The molecule has 196 valence electrons. The third-order valence-corrected chi connectivity index (χ3v) is 8.22. The van der Waals surface area contributed by atoms with E-state index in [9.17, 15) is 13.7 Å². The molecule has 3 N–H and O–H groups in total. The monoisotopic (exact) mass is 621 g/mol. The maximum absolute atomic E-state index is 11.6. The molecule has 1 aromatic heterocycles. The average Bonchev–Trinajstić information content (AvgIpc) is 3.32. The summed E-state index contributed by atoms with van der Waals surface area (Å²) in [5.41, 5.74) is 2.62. The zero-order valence-corrected chi connectivity index (χ0v) is 23.5. The number of nitrogens with one attached hydrogen (secondary N) is 1. The lowest BCUT2D eigenvalue weighted by Gasteiger charge is -2.22. The summed E-state index contributed by atoms with van der Waals surface area (Å²) in [4.78, 5) is 9.86. The molecule has 1 unspecified atom stereocenters. The number of nitriles is 1. The van der Waals surface area contributed by atoms with Gasteiger partial charge in [0.1, 0.15) is 17.4 Å². The number of anilines is 2. The van der Waals surface area contributed by atoms with E-state index in [4.69, 9.17) is 14.6 Å². The fourth-order valence-electron chi connectivity index (χ4n) is 3.92. The number of methoxy groups -OCH3 is 1. The van der Waals surface area contributed by atoms with Gasteiger partial charge in [0.15, 0.2) is 5.13 Å². The number of fused-ring (bicyclic) bond motifs is 1. The van der Waals surface area contributed by atoms with Gasteiger partial charge in [-0.2, -0.15) is 10.2 Å². The van der Waals surface area contributed by atoms with E-state index in [1.807, 2.05) is 48.5 Å². The number of halogens is 1. The largest absolute Gasteiger partial charge is 0.497 e. The smallest absolute Gasteiger partial charge is 0.238 e. The highest BCUT2D eigenvalue weighted by Crippen LogP contribution is 2.48. The van der Waals surface area contributed by atoms with Crippen LogP contribution < -0.4 is 19.9 Å². The lowest BCUT2D eigenvalue weighted by molar-refractivity contribution is 0.384. The number of allylic oxidation sites excluding steroid dienone is 1. The first-order chi connectivity index (χ1) is 18.7. The van der Waals surface area contributed by atoms with Crippen molar-refractivity contribution < 1.29 is 17.9 Å². The number of benzene rings is 3. The first-order valence-electron chi connectivity index (χ1n) is 11.4. The van der Waals surface area contributed by atoms with Crippen LogP contribution in [0.3, 0.4) is 0 Å². The number of thiazole rings is 1. The molecule has 39 heavy (non-hydrogen) atoms. The highest BCUT2D eigenvalue weighted by atomic mass is 79.9. The predicted molar refractivity (Wildman–Crippen MR) is 153 cm³/mol. The zero-order chi connectivity index (χ0) is 27.6. The van der Waals surface area contributed by atoms with Gasteiger partial charge in [-0.1, -0.05) is 51.5 Å². The van der Waals surface area contributed by atoms with Gasteiger partial charge in [0.2, 0.25) is 21.8 Å². The van der Waals surface area contributed by atoms with Crippen molar-refractivity contribution in [3.8, 4) is 17.7 Å². The number of rotatable bonds is 7. The van der Waals surface area contributed by atoms with Crippen LogP contribution in [0.15, 0.2) is 98.6 Å². The molecule has 3 aromatic carbocycles. The standard InChI is InChI=1S/C27H20BrN5O4S2/c1-36-20-9-5-17(6-10-20)23-22(14-29)25(31-15-16-3-2-4-18(28)13-16)37-26-24(23)38-27(33-26)32-19-7-11-21(12-8-19)39(30,34)35/h2-13,15,23H,1H3,(H,32,33)(H2,30,34,35). The van der Waals surface area contributed by atoms with Crippen LogP contribution in [0, 0.1) is 11.3 Å². The maximum Gasteiger partial charge on any atom is 0.238 e. The van der Waals surface area contributed by atoms with Crippen molar-refractivity contribution in [2.75, 3.05) is 12.4 Å². The molecule has 0 radical (unpaired) electrons. The highest BCUT2D eigenvalue weighted by Gasteiger charge is 2.35. The summed E-state index contributed by atoms with van der Waals surface area (Å²) in [6, 6.07) is 23.3. The topological polar surface area (TPSA) is 140 Å². The number of ether oxygens (including phenoxy) is 2. The second kappa shape index (κ2) is 11.0. The molecule has 0 fully saturated rings. The molecule has 2 heterocycles.